The SMILES string of the molecule is CCNC(=O)OCC(=N)c1ncc(C(F)(F)F)cc1N1CCCC1. The Kier molecular flexibility index (Phi) is 5.63. The van der Waals surface area contributed by atoms with Crippen molar-refractivity contribution >= 4 is 17.5 Å². The van der Waals surface area contributed by atoms with Crippen molar-refractivity contribution in [3.05, 3.63) is 23.5 Å². The van der Waals surface area contributed by atoms with Gasteiger partial charge in [0.15, 0.2) is 0 Å². The minimum Gasteiger partial charge on any atom is -0.443 e. The summed E-state index contributed by atoms with van der Waals surface area (Å²) in [4.78, 5) is 16.9. The molecule has 0 radical (unpaired) electrons. The van der Waals surface area contributed by atoms with Gasteiger partial charge in [0.1, 0.15) is 12.3 Å². The van der Waals surface area contributed by atoms with E-state index in [0.717, 1.165) is 18.9 Å². The van der Waals surface area contributed by atoms with Gasteiger partial charge in [0.2, 0.25) is 0 Å². The molecule has 6 nitrogen and oxygen atoms in total. The molecule has 0 bridgehead atoms. The molecule has 2 N–H and O–H groups in total. The molecule has 24 heavy (non-hydrogen) atoms. The lowest BCUT2D eigenvalue weighted by atomic mass is 10.1. The van der Waals surface area contributed by atoms with Crippen molar-refractivity contribution in [2.24, 2.45) is 0 Å². The van der Waals surface area contributed by atoms with E-state index in [0.29, 0.717) is 25.8 Å². The molecule has 0 aliphatic carbocycles. The fourth-order valence-electron chi connectivity index (χ4n) is 2.44. The molecule has 2 rings (SSSR count). The normalized spacial score (nSPS) is 14.6. The fraction of sp³-hybridized carbons (Fsp3) is 0.533. The van der Waals surface area contributed by atoms with Crippen LogP contribution in [0.25, 0.3) is 0 Å². The molecule has 0 unspecified atom stereocenters. The second-order valence-corrected chi connectivity index (χ2v) is 5.37. The number of carbonyl (C=O) groups is 1. The number of nitrogens with zero attached hydrogens (tertiary/aromatic N) is 2. The summed E-state index contributed by atoms with van der Waals surface area (Å²) in [7, 11) is 0. The number of aromatic nitrogens is 1. The zero-order valence-electron chi connectivity index (χ0n) is 13.2. The van der Waals surface area contributed by atoms with Crippen molar-refractivity contribution < 1.29 is 22.7 Å². The molecule has 9 heteroatoms. The average molecular weight is 344 g/mol. The van der Waals surface area contributed by atoms with E-state index in [1.54, 1.807) is 11.8 Å². The van der Waals surface area contributed by atoms with Crippen molar-refractivity contribution in [2.45, 2.75) is 25.9 Å². The molecule has 0 spiro atoms. The first-order chi connectivity index (χ1) is 11.3. The molecule has 0 atom stereocenters. The number of ether oxygens (including phenoxy) is 1. The van der Waals surface area contributed by atoms with Gasteiger partial charge in [-0.25, -0.2) is 4.79 Å². The zero-order chi connectivity index (χ0) is 17.7. The largest absolute Gasteiger partial charge is 0.443 e. The highest BCUT2D eigenvalue weighted by molar-refractivity contribution is 6.03. The van der Waals surface area contributed by atoms with E-state index >= 15 is 0 Å². The number of alkyl halides is 3. The Labute approximate surface area is 137 Å². The number of pyridine rings is 1. The van der Waals surface area contributed by atoms with Gasteiger partial charge in [0, 0.05) is 25.8 Å². The van der Waals surface area contributed by atoms with Crippen LogP contribution in [-0.2, 0) is 10.9 Å². The van der Waals surface area contributed by atoms with E-state index in [1.165, 1.54) is 0 Å². The van der Waals surface area contributed by atoms with Crippen molar-refractivity contribution in [3.8, 4) is 0 Å². The third-order valence-corrected chi connectivity index (χ3v) is 3.60. The van der Waals surface area contributed by atoms with Gasteiger partial charge in [-0.2, -0.15) is 13.2 Å². The van der Waals surface area contributed by atoms with Crippen molar-refractivity contribution in [1.29, 1.82) is 5.41 Å². The smallest absolute Gasteiger partial charge is 0.417 e. The second kappa shape index (κ2) is 7.50. The highest BCUT2D eigenvalue weighted by Gasteiger charge is 2.33. The Hall–Kier alpha value is -2.32. The van der Waals surface area contributed by atoms with Crippen LogP contribution in [0.15, 0.2) is 12.3 Å². The van der Waals surface area contributed by atoms with Crippen LogP contribution in [0.2, 0.25) is 0 Å². The van der Waals surface area contributed by atoms with Crippen LogP contribution in [0.4, 0.5) is 23.7 Å². The number of rotatable bonds is 5. The third-order valence-electron chi connectivity index (χ3n) is 3.60. The van der Waals surface area contributed by atoms with Gasteiger partial charge in [-0.1, -0.05) is 0 Å². The van der Waals surface area contributed by atoms with E-state index < -0.39 is 17.8 Å². The Morgan fingerprint density at radius 2 is 2.08 bits per heavy atom. The number of alkyl carbamates (subject to hydrolysis) is 1. The summed E-state index contributed by atoms with van der Waals surface area (Å²) in [6, 6.07) is 1.01. The van der Waals surface area contributed by atoms with Crippen LogP contribution < -0.4 is 10.2 Å². The minimum absolute atomic E-state index is 0.106. The molecule has 1 fully saturated rings. The number of hydrogen-bond acceptors (Lipinski definition) is 5. The summed E-state index contributed by atoms with van der Waals surface area (Å²) in [6.45, 7) is 2.96. The highest BCUT2D eigenvalue weighted by Crippen LogP contribution is 2.33. The van der Waals surface area contributed by atoms with E-state index in [1.807, 2.05) is 0 Å². The summed E-state index contributed by atoms with van der Waals surface area (Å²) in [6.07, 6.45) is -2.73. The summed E-state index contributed by atoms with van der Waals surface area (Å²) < 4.78 is 43.7. The van der Waals surface area contributed by atoms with Crippen LogP contribution in [0.5, 0.6) is 0 Å². The van der Waals surface area contributed by atoms with Gasteiger partial charge in [-0.15, -0.1) is 0 Å². The fourth-order valence-corrected chi connectivity index (χ4v) is 2.44. The van der Waals surface area contributed by atoms with Crippen LogP contribution in [0.1, 0.15) is 31.0 Å². The highest BCUT2D eigenvalue weighted by atomic mass is 19.4. The maximum atomic E-state index is 12.9. The molecule has 0 aromatic carbocycles. The monoisotopic (exact) mass is 344 g/mol. The lowest BCUT2D eigenvalue weighted by Gasteiger charge is -2.22. The molecule has 1 aromatic heterocycles. The maximum Gasteiger partial charge on any atom is 0.417 e. The average Bonchev–Trinajstić information content (AvgIpc) is 3.05. The molecule has 1 aliphatic heterocycles. The summed E-state index contributed by atoms with van der Waals surface area (Å²) in [5.74, 6) is 0. The standard InChI is InChI=1S/C15H19F3N4O2/c1-2-20-14(23)24-9-11(19)13-12(22-5-3-4-6-22)7-10(8-21-13)15(16,17)18/h7-8,19H,2-6,9H2,1H3,(H,20,23). The number of halogens is 3. The topological polar surface area (TPSA) is 78.3 Å². The van der Waals surface area contributed by atoms with E-state index in [9.17, 15) is 18.0 Å². The van der Waals surface area contributed by atoms with Crippen LogP contribution >= 0.6 is 0 Å². The number of nitrogens with one attached hydrogen (secondary N) is 2. The predicted octanol–water partition coefficient (Wildman–Crippen LogP) is 2.81. The maximum absolute atomic E-state index is 12.9. The Balaban J connectivity index is 2.24. The van der Waals surface area contributed by atoms with Crippen LogP contribution in [0.3, 0.4) is 0 Å². The van der Waals surface area contributed by atoms with Gasteiger partial charge < -0.3 is 15.0 Å². The lowest BCUT2D eigenvalue weighted by Crippen LogP contribution is -2.28. The lowest BCUT2D eigenvalue weighted by molar-refractivity contribution is -0.137. The first-order valence-electron chi connectivity index (χ1n) is 7.63. The first-order valence-corrected chi connectivity index (χ1v) is 7.63. The van der Waals surface area contributed by atoms with Gasteiger partial charge in [0.25, 0.3) is 0 Å². The molecule has 1 saturated heterocycles. The van der Waals surface area contributed by atoms with E-state index in [4.69, 9.17) is 10.1 Å². The summed E-state index contributed by atoms with van der Waals surface area (Å²) >= 11 is 0. The van der Waals surface area contributed by atoms with E-state index in [2.05, 4.69) is 10.3 Å². The second-order valence-electron chi connectivity index (χ2n) is 5.37. The van der Waals surface area contributed by atoms with Crippen molar-refractivity contribution in [1.82, 2.24) is 10.3 Å². The van der Waals surface area contributed by atoms with Crippen LogP contribution in [0, 0.1) is 5.41 Å². The number of amides is 1. The molecule has 2 heterocycles. The zero-order valence-corrected chi connectivity index (χ0v) is 13.2. The van der Waals surface area contributed by atoms with Crippen LogP contribution in [-0.4, -0.2) is 43.0 Å². The molecule has 1 amide bonds. The van der Waals surface area contributed by atoms with Gasteiger partial charge >= 0.3 is 12.3 Å². The van der Waals surface area contributed by atoms with Crippen molar-refractivity contribution in [3.63, 3.8) is 0 Å². The van der Waals surface area contributed by atoms with Gasteiger partial charge in [-0.05, 0) is 25.8 Å². The Morgan fingerprint density at radius 1 is 1.42 bits per heavy atom. The molecule has 1 aromatic rings. The van der Waals surface area contributed by atoms with E-state index in [-0.39, 0.29) is 23.7 Å². The number of hydrogen-bond donors (Lipinski definition) is 2. The summed E-state index contributed by atoms with van der Waals surface area (Å²) in [5.41, 5.74) is -0.636. The quantitative estimate of drug-likeness (QED) is 0.805. The Bertz CT molecular complexity index is 613. The summed E-state index contributed by atoms with van der Waals surface area (Å²) in [5, 5.41) is 10.4. The molecular weight excluding hydrogens is 325 g/mol. The minimum atomic E-state index is -4.50. The number of carbonyl (C=O) groups excluding carboxylic acids is 1. The van der Waals surface area contributed by atoms with Crippen molar-refractivity contribution in [2.75, 3.05) is 31.1 Å². The first kappa shape index (κ1) is 18.0. The third kappa shape index (κ3) is 4.36. The molecule has 132 valence electrons. The van der Waals surface area contributed by atoms with Gasteiger partial charge in [0.05, 0.1) is 17.0 Å². The number of anilines is 1. The van der Waals surface area contributed by atoms with Gasteiger partial charge in [-0.3, -0.25) is 10.4 Å². The molecular formula is C15H19F3N4O2. The Morgan fingerprint density at radius 3 is 2.67 bits per heavy atom. The molecule has 0 saturated carbocycles. The molecule has 1 aliphatic rings. The predicted molar refractivity (Wildman–Crippen MR) is 82.5 cm³/mol.